The van der Waals surface area contributed by atoms with E-state index in [-0.39, 0.29) is 11.2 Å². The van der Waals surface area contributed by atoms with E-state index in [0.717, 1.165) is 18.4 Å². The zero-order valence-electron chi connectivity index (χ0n) is 10.3. The van der Waals surface area contributed by atoms with E-state index in [4.69, 9.17) is 0 Å². The van der Waals surface area contributed by atoms with Crippen molar-refractivity contribution in [3.05, 3.63) is 68.5 Å². The van der Waals surface area contributed by atoms with Crippen molar-refractivity contribution in [2.45, 2.75) is 26.3 Å². The Labute approximate surface area is 105 Å². The van der Waals surface area contributed by atoms with Crippen LogP contribution in [0.3, 0.4) is 0 Å². The first-order chi connectivity index (χ1) is 8.70. The smallest absolute Gasteiger partial charge is 0.311 e. The lowest BCUT2D eigenvalue weighted by molar-refractivity contribution is 0.682. The molecule has 18 heavy (non-hydrogen) atoms. The number of rotatable bonds is 4. The quantitative estimate of drug-likeness (QED) is 0.887. The molecule has 0 aliphatic carbocycles. The second kappa shape index (κ2) is 5.49. The maximum Gasteiger partial charge on any atom is 0.328 e. The van der Waals surface area contributed by atoms with Gasteiger partial charge in [-0.3, -0.25) is 9.36 Å². The highest BCUT2D eigenvalue weighted by Crippen LogP contribution is 1.99. The molecule has 0 saturated heterocycles. The Kier molecular flexibility index (Phi) is 3.77. The van der Waals surface area contributed by atoms with E-state index in [1.165, 1.54) is 10.6 Å². The van der Waals surface area contributed by atoms with Crippen molar-refractivity contribution in [3.8, 4) is 0 Å². The lowest BCUT2D eigenvalue weighted by Crippen LogP contribution is -2.35. The summed E-state index contributed by atoms with van der Waals surface area (Å²) in [5.41, 5.74) is 1.06. The lowest BCUT2D eigenvalue weighted by Gasteiger charge is -2.06. The van der Waals surface area contributed by atoms with Crippen molar-refractivity contribution in [3.63, 3.8) is 0 Å². The minimum atomic E-state index is -0.338. The van der Waals surface area contributed by atoms with Crippen molar-refractivity contribution in [2.75, 3.05) is 0 Å². The van der Waals surface area contributed by atoms with Crippen LogP contribution in [0, 0.1) is 0 Å². The van der Waals surface area contributed by atoms with Gasteiger partial charge >= 0.3 is 5.69 Å². The Hall–Kier alpha value is -2.10. The molecule has 4 heteroatoms. The fraction of sp³-hybridized carbons (Fsp3) is 0.286. The van der Waals surface area contributed by atoms with Crippen molar-refractivity contribution < 1.29 is 0 Å². The molecular weight excluding hydrogens is 228 g/mol. The van der Waals surface area contributed by atoms with Gasteiger partial charge in [0, 0.05) is 11.8 Å². The van der Waals surface area contributed by atoms with Gasteiger partial charge < -0.3 is 4.98 Å². The first kappa shape index (κ1) is 12.4. The average Bonchev–Trinajstić information content (AvgIpc) is 2.36. The number of nitrogens with one attached hydrogen (secondary N) is 1. The molecule has 0 aliphatic rings. The Morgan fingerprint density at radius 1 is 1.17 bits per heavy atom. The lowest BCUT2D eigenvalue weighted by atomic mass is 10.2. The van der Waals surface area contributed by atoms with Crippen molar-refractivity contribution in [1.29, 1.82) is 0 Å². The van der Waals surface area contributed by atoms with E-state index in [0.29, 0.717) is 12.2 Å². The van der Waals surface area contributed by atoms with E-state index in [9.17, 15) is 9.59 Å². The van der Waals surface area contributed by atoms with Crippen LogP contribution >= 0.6 is 0 Å². The van der Waals surface area contributed by atoms with E-state index >= 15 is 0 Å². The highest BCUT2D eigenvalue weighted by Gasteiger charge is 2.04. The summed E-state index contributed by atoms with van der Waals surface area (Å²) < 4.78 is 1.22. The normalized spacial score (nSPS) is 10.5. The first-order valence-corrected chi connectivity index (χ1v) is 6.07. The molecular formula is C14H16N2O2. The molecule has 0 saturated carbocycles. The second-order valence-corrected chi connectivity index (χ2v) is 4.26. The van der Waals surface area contributed by atoms with Gasteiger partial charge in [0.2, 0.25) is 0 Å². The number of benzene rings is 1. The molecule has 4 nitrogen and oxygen atoms in total. The molecule has 0 radical (unpaired) electrons. The van der Waals surface area contributed by atoms with E-state index in [1.54, 1.807) is 0 Å². The van der Waals surface area contributed by atoms with Crippen LogP contribution < -0.4 is 11.2 Å². The predicted octanol–water partition coefficient (Wildman–Crippen LogP) is 1.54. The SMILES string of the molecule is CCCc1cc(=O)n(Cc2ccccc2)c(=O)[nH]1. The van der Waals surface area contributed by atoms with Crippen LogP contribution in [0.2, 0.25) is 0 Å². The third kappa shape index (κ3) is 2.77. The maximum atomic E-state index is 11.9. The zero-order chi connectivity index (χ0) is 13.0. The van der Waals surface area contributed by atoms with E-state index < -0.39 is 0 Å². The number of hydrogen-bond acceptors (Lipinski definition) is 2. The summed E-state index contributed by atoms with van der Waals surface area (Å²) in [6.07, 6.45) is 1.62. The summed E-state index contributed by atoms with van der Waals surface area (Å²) in [7, 11) is 0. The van der Waals surface area contributed by atoms with Crippen LogP contribution in [0.15, 0.2) is 46.0 Å². The third-order valence-corrected chi connectivity index (χ3v) is 2.78. The summed E-state index contributed by atoms with van der Waals surface area (Å²) in [6, 6.07) is 11.0. The Morgan fingerprint density at radius 2 is 1.89 bits per heavy atom. The molecule has 0 unspecified atom stereocenters. The first-order valence-electron chi connectivity index (χ1n) is 6.07. The van der Waals surface area contributed by atoms with Crippen molar-refractivity contribution in [1.82, 2.24) is 9.55 Å². The minimum absolute atomic E-state index is 0.244. The Morgan fingerprint density at radius 3 is 2.50 bits per heavy atom. The summed E-state index contributed by atoms with van der Waals surface area (Å²) in [5, 5.41) is 0. The van der Waals surface area contributed by atoms with Gasteiger partial charge in [0.1, 0.15) is 0 Å². The fourth-order valence-electron chi connectivity index (χ4n) is 1.89. The molecule has 94 valence electrons. The summed E-state index contributed by atoms with van der Waals surface area (Å²) in [6.45, 7) is 2.31. The van der Waals surface area contributed by atoms with Crippen LogP contribution in [0.5, 0.6) is 0 Å². The molecule has 2 aromatic rings. The molecule has 1 heterocycles. The Bertz CT molecular complexity index is 595. The molecule has 1 aromatic carbocycles. The number of aromatic nitrogens is 2. The zero-order valence-corrected chi connectivity index (χ0v) is 10.3. The molecule has 0 amide bonds. The van der Waals surface area contributed by atoms with Crippen LogP contribution in [-0.2, 0) is 13.0 Å². The second-order valence-electron chi connectivity index (χ2n) is 4.26. The van der Waals surface area contributed by atoms with Crippen LogP contribution in [-0.4, -0.2) is 9.55 Å². The molecule has 0 atom stereocenters. The third-order valence-electron chi connectivity index (χ3n) is 2.78. The van der Waals surface area contributed by atoms with Crippen molar-refractivity contribution in [2.24, 2.45) is 0 Å². The highest BCUT2D eigenvalue weighted by atomic mass is 16.2. The molecule has 0 spiro atoms. The predicted molar refractivity (Wildman–Crippen MR) is 70.9 cm³/mol. The van der Waals surface area contributed by atoms with Gasteiger partial charge in [-0.1, -0.05) is 43.7 Å². The summed E-state index contributed by atoms with van der Waals surface area (Å²) >= 11 is 0. The summed E-state index contributed by atoms with van der Waals surface area (Å²) in [4.78, 5) is 26.5. The van der Waals surface area contributed by atoms with Gasteiger partial charge in [-0.2, -0.15) is 0 Å². The number of H-pyrrole nitrogens is 1. The molecule has 0 aliphatic heterocycles. The largest absolute Gasteiger partial charge is 0.328 e. The molecule has 0 fully saturated rings. The maximum absolute atomic E-state index is 11.9. The van der Waals surface area contributed by atoms with Crippen LogP contribution in [0.4, 0.5) is 0 Å². The Balaban J connectivity index is 2.35. The molecule has 1 N–H and O–H groups in total. The highest BCUT2D eigenvalue weighted by molar-refractivity contribution is 5.15. The van der Waals surface area contributed by atoms with Gasteiger partial charge in [-0.05, 0) is 12.0 Å². The molecule has 1 aromatic heterocycles. The standard InChI is InChI=1S/C14H16N2O2/c1-2-6-12-9-13(17)16(14(18)15-12)10-11-7-4-3-5-8-11/h3-5,7-9H,2,6,10H2,1H3,(H,15,18). The van der Waals surface area contributed by atoms with Gasteiger partial charge in [-0.15, -0.1) is 0 Å². The van der Waals surface area contributed by atoms with Gasteiger partial charge in [0.15, 0.2) is 0 Å². The minimum Gasteiger partial charge on any atom is -0.311 e. The monoisotopic (exact) mass is 244 g/mol. The van der Waals surface area contributed by atoms with Crippen molar-refractivity contribution >= 4 is 0 Å². The molecule has 0 bridgehead atoms. The van der Waals surface area contributed by atoms with Crippen LogP contribution in [0.25, 0.3) is 0 Å². The van der Waals surface area contributed by atoms with Crippen LogP contribution in [0.1, 0.15) is 24.6 Å². The molecule has 2 rings (SSSR count). The van der Waals surface area contributed by atoms with Gasteiger partial charge in [0.05, 0.1) is 6.54 Å². The fourth-order valence-corrected chi connectivity index (χ4v) is 1.89. The number of hydrogen-bond donors (Lipinski definition) is 1. The topological polar surface area (TPSA) is 54.9 Å². The van der Waals surface area contributed by atoms with E-state index in [1.807, 2.05) is 37.3 Å². The average molecular weight is 244 g/mol. The van der Waals surface area contributed by atoms with E-state index in [2.05, 4.69) is 4.98 Å². The summed E-state index contributed by atoms with van der Waals surface area (Å²) in [5.74, 6) is 0. The number of aryl methyl sites for hydroxylation is 1. The van der Waals surface area contributed by atoms with Gasteiger partial charge in [-0.25, -0.2) is 4.79 Å². The number of nitrogens with zero attached hydrogens (tertiary/aromatic N) is 1. The number of aromatic amines is 1. The van der Waals surface area contributed by atoms with Gasteiger partial charge in [0.25, 0.3) is 5.56 Å².